The first-order valence-electron chi connectivity index (χ1n) is 8.82. The van der Waals surface area contributed by atoms with E-state index in [-0.39, 0.29) is 16.8 Å². The number of aromatic hydroxyl groups is 1. The second-order valence-corrected chi connectivity index (χ2v) is 8.28. The van der Waals surface area contributed by atoms with Crippen LogP contribution in [0.4, 0.5) is 18.9 Å². The van der Waals surface area contributed by atoms with Gasteiger partial charge in [0.15, 0.2) is 0 Å². The molecule has 4 N–H and O–H groups in total. The third-order valence-electron chi connectivity index (χ3n) is 4.53. The normalized spacial score (nSPS) is 11.9. The zero-order valence-electron chi connectivity index (χ0n) is 16.1. The monoisotopic (exact) mass is 450 g/mol. The Hall–Kier alpha value is -3.37. The quantitative estimate of drug-likeness (QED) is 0.551. The lowest BCUT2D eigenvalue weighted by molar-refractivity contribution is -0.137. The molecule has 0 bridgehead atoms. The molecule has 0 aromatic heterocycles. The fraction of sp³-hybridized carbons (Fsp3) is 0.0952. The molecule has 31 heavy (non-hydrogen) atoms. The number of phenolic OH excluding ortho intramolecular Hbond substituents is 1. The number of nitrogens with two attached hydrogens (primary N) is 1. The number of amides is 1. The van der Waals surface area contributed by atoms with Crippen molar-refractivity contribution in [3.05, 3.63) is 77.4 Å². The first kappa shape index (κ1) is 22.3. The van der Waals surface area contributed by atoms with Crippen molar-refractivity contribution >= 4 is 21.6 Å². The highest BCUT2D eigenvalue weighted by Crippen LogP contribution is 2.38. The highest BCUT2D eigenvalue weighted by atomic mass is 32.2. The molecule has 10 heteroatoms. The Morgan fingerprint density at radius 1 is 1.00 bits per heavy atom. The number of nitrogens with one attached hydrogen (secondary N) is 1. The Morgan fingerprint density at radius 2 is 1.68 bits per heavy atom. The molecule has 0 unspecified atom stereocenters. The zero-order valence-corrected chi connectivity index (χ0v) is 16.9. The van der Waals surface area contributed by atoms with Crippen molar-refractivity contribution in [2.24, 2.45) is 5.14 Å². The average molecular weight is 450 g/mol. The molecular weight excluding hydrogens is 433 g/mol. The van der Waals surface area contributed by atoms with E-state index in [1.807, 2.05) is 0 Å². The molecule has 0 aliphatic rings. The molecule has 0 heterocycles. The van der Waals surface area contributed by atoms with Gasteiger partial charge in [-0.25, -0.2) is 13.6 Å². The number of benzene rings is 3. The number of primary sulfonamides is 1. The second-order valence-electron chi connectivity index (χ2n) is 6.75. The number of halogens is 3. The maximum absolute atomic E-state index is 13.3. The van der Waals surface area contributed by atoms with Gasteiger partial charge in [-0.2, -0.15) is 13.2 Å². The lowest BCUT2D eigenvalue weighted by Gasteiger charge is -2.15. The summed E-state index contributed by atoms with van der Waals surface area (Å²) in [6, 6.07) is 12.7. The number of alkyl halides is 3. The lowest BCUT2D eigenvalue weighted by atomic mass is 9.94. The zero-order chi connectivity index (χ0) is 23.0. The number of carbonyl (C=O) groups excluding carboxylic acids is 1. The number of hydrogen-bond acceptors (Lipinski definition) is 4. The second kappa shape index (κ2) is 8.05. The van der Waals surface area contributed by atoms with Crippen LogP contribution in [0.15, 0.2) is 65.6 Å². The topological polar surface area (TPSA) is 109 Å². The molecule has 0 spiro atoms. The van der Waals surface area contributed by atoms with Crippen LogP contribution >= 0.6 is 0 Å². The van der Waals surface area contributed by atoms with Gasteiger partial charge in [-0.05, 0) is 53.9 Å². The minimum absolute atomic E-state index is 0.00274. The summed E-state index contributed by atoms with van der Waals surface area (Å²) < 4.78 is 62.6. The van der Waals surface area contributed by atoms with Crippen molar-refractivity contribution in [2.45, 2.75) is 18.0 Å². The molecule has 0 saturated carbocycles. The summed E-state index contributed by atoms with van der Waals surface area (Å²) in [5.74, 6) is -1.22. The highest BCUT2D eigenvalue weighted by molar-refractivity contribution is 7.89. The summed E-state index contributed by atoms with van der Waals surface area (Å²) in [6.45, 7) is 1.59. The van der Waals surface area contributed by atoms with Gasteiger partial charge in [-0.1, -0.05) is 24.3 Å². The Balaban J connectivity index is 1.89. The summed E-state index contributed by atoms with van der Waals surface area (Å²) in [5.41, 5.74) is 0.292. The van der Waals surface area contributed by atoms with E-state index < -0.39 is 38.3 Å². The number of anilines is 1. The van der Waals surface area contributed by atoms with Crippen molar-refractivity contribution in [3.8, 4) is 16.9 Å². The minimum Gasteiger partial charge on any atom is -0.506 e. The van der Waals surface area contributed by atoms with E-state index in [0.717, 1.165) is 18.2 Å². The van der Waals surface area contributed by atoms with Gasteiger partial charge in [0, 0.05) is 17.3 Å². The van der Waals surface area contributed by atoms with Gasteiger partial charge in [-0.3, -0.25) is 4.79 Å². The average Bonchev–Trinajstić information content (AvgIpc) is 2.66. The Kier molecular flexibility index (Phi) is 5.79. The summed E-state index contributed by atoms with van der Waals surface area (Å²) >= 11 is 0. The van der Waals surface area contributed by atoms with Crippen LogP contribution in [-0.2, 0) is 16.2 Å². The van der Waals surface area contributed by atoms with Crippen molar-refractivity contribution < 1.29 is 31.5 Å². The fourth-order valence-electron chi connectivity index (χ4n) is 3.11. The molecule has 6 nitrogen and oxygen atoms in total. The van der Waals surface area contributed by atoms with E-state index in [2.05, 4.69) is 5.32 Å². The predicted octanol–water partition coefficient (Wildman–Crippen LogP) is 4.29. The number of rotatable bonds is 4. The van der Waals surface area contributed by atoms with Crippen LogP contribution < -0.4 is 10.5 Å². The highest BCUT2D eigenvalue weighted by Gasteiger charge is 2.33. The van der Waals surface area contributed by atoms with Crippen molar-refractivity contribution in [1.29, 1.82) is 0 Å². The number of sulfonamides is 1. The molecular formula is C21H17F3N2O4S. The van der Waals surface area contributed by atoms with Crippen molar-refractivity contribution in [2.75, 3.05) is 5.32 Å². The van der Waals surface area contributed by atoms with Gasteiger partial charge in [0.25, 0.3) is 5.91 Å². The first-order valence-corrected chi connectivity index (χ1v) is 10.4. The van der Waals surface area contributed by atoms with Crippen LogP contribution in [0.25, 0.3) is 11.1 Å². The van der Waals surface area contributed by atoms with Crippen molar-refractivity contribution in [1.82, 2.24) is 0 Å². The van der Waals surface area contributed by atoms with Crippen LogP contribution in [0, 0.1) is 6.92 Å². The molecule has 0 radical (unpaired) electrons. The van der Waals surface area contributed by atoms with E-state index in [1.165, 1.54) is 42.5 Å². The molecule has 0 fully saturated rings. The molecule has 3 aromatic carbocycles. The molecule has 162 valence electrons. The summed E-state index contributed by atoms with van der Waals surface area (Å²) in [4.78, 5) is 12.0. The van der Waals surface area contributed by atoms with Crippen LogP contribution in [0.5, 0.6) is 5.75 Å². The van der Waals surface area contributed by atoms with E-state index in [9.17, 15) is 31.5 Å². The van der Waals surface area contributed by atoms with E-state index >= 15 is 0 Å². The molecule has 3 aromatic rings. The molecule has 0 atom stereocenters. The summed E-state index contributed by atoms with van der Waals surface area (Å²) in [5, 5.41) is 17.3. The van der Waals surface area contributed by atoms with Crippen LogP contribution in [0.3, 0.4) is 0 Å². The SMILES string of the molecule is Cc1cc(C(=O)Nc2ccc(S(N)(=O)=O)c(O)c2)ccc1-c1ccccc1C(F)(F)F. The minimum atomic E-state index is -4.52. The smallest absolute Gasteiger partial charge is 0.417 e. The molecule has 3 rings (SSSR count). The van der Waals surface area contributed by atoms with Gasteiger partial charge < -0.3 is 10.4 Å². The van der Waals surface area contributed by atoms with E-state index in [1.54, 1.807) is 6.92 Å². The predicted molar refractivity (Wildman–Crippen MR) is 109 cm³/mol. The van der Waals surface area contributed by atoms with Gasteiger partial charge in [0.05, 0.1) is 5.56 Å². The van der Waals surface area contributed by atoms with Crippen LogP contribution in [-0.4, -0.2) is 19.4 Å². The number of aryl methyl sites for hydroxylation is 1. The molecule has 0 aliphatic carbocycles. The largest absolute Gasteiger partial charge is 0.506 e. The number of hydrogen-bond donors (Lipinski definition) is 3. The first-order chi connectivity index (χ1) is 14.4. The summed E-state index contributed by atoms with van der Waals surface area (Å²) in [6.07, 6.45) is -4.52. The Morgan fingerprint density at radius 3 is 2.26 bits per heavy atom. The standard InChI is InChI=1S/C21H17F3N2O4S/c1-12-10-13(6-8-15(12)16-4-2-3-5-17(16)21(22,23)24)20(28)26-14-7-9-19(18(27)11-14)31(25,29)30/h2-11,27H,1H3,(H,26,28)(H2,25,29,30). The molecule has 0 aliphatic heterocycles. The van der Waals surface area contributed by atoms with Crippen LogP contribution in [0.1, 0.15) is 21.5 Å². The van der Waals surface area contributed by atoms with Gasteiger partial charge in [0.1, 0.15) is 10.6 Å². The van der Waals surface area contributed by atoms with Crippen molar-refractivity contribution in [3.63, 3.8) is 0 Å². The maximum atomic E-state index is 13.3. The fourth-order valence-corrected chi connectivity index (χ4v) is 3.72. The number of phenols is 1. The Labute approximate surface area is 176 Å². The third-order valence-corrected chi connectivity index (χ3v) is 5.49. The lowest BCUT2D eigenvalue weighted by Crippen LogP contribution is -2.14. The number of carbonyl (C=O) groups is 1. The maximum Gasteiger partial charge on any atom is 0.417 e. The van der Waals surface area contributed by atoms with Crippen LogP contribution in [0.2, 0.25) is 0 Å². The third kappa shape index (κ3) is 4.86. The molecule has 1 amide bonds. The van der Waals surface area contributed by atoms with Gasteiger partial charge in [-0.15, -0.1) is 0 Å². The van der Waals surface area contributed by atoms with E-state index in [4.69, 9.17) is 5.14 Å². The van der Waals surface area contributed by atoms with Gasteiger partial charge in [0.2, 0.25) is 10.0 Å². The van der Waals surface area contributed by atoms with E-state index in [0.29, 0.717) is 11.1 Å². The Bertz CT molecular complexity index is 1270. The molecule has 0 saturated heterocycles. The van der Waals surface area contributed by atoms with Gasteiger partial charge >= 0.3 is 6.18 Å². The summed E-state index contributed by atoms with van der Waals surface area (Å²) in [7, 11) is -4.12.